The summed E-state index contributed by atoms with van der Waals surface area (Å²) in [5, 5.41) is 7.88. The van der Waals surface area contributed by atoms with Gasteiger partial charge in [0.2, 0.25) is 0 Å². The molecule has 16 heavy (non-hydrogen) atoms. The fourth-order valence-electron chi connectivity index (χ4n) is 0.426. The summed E-state index contributed by atoms with van der Waals surface area (Å²) < 4.78 is 90.5. The molecule has 98 valence electrons. The van der Waals surface area contributed by atoms with Crippen LogP contribution in [-0.2, 0) is 9.47 Å². The Morgan fingerprint density at radius 3 is 1.81 bits per heavy atom. The number of ether oxygens (including phenoxy) is 2. The van der Waals surface area contributed by atoms with Crippen molar-refractivity contribution in [1.29, 1.82) is 0 Å². The summed E-state index contributed by atoms with van der Waals surface area (Å²) in [5.74, 6) is -4.96. The average molecular weight is 260 g/mol. The van der Waals surface area contributed by atoms with Crippen molar-refractivity contribution in [2.24, 2.45) is 0 Å². The minimum Gasteiger partial charge on any atom is -0.390 e. The van der Waals surface area contributed by atoms with E-state index in [-0.39, 0.29) is 0 Å². The van der Waals surface area contributed by atoms with Gasteiger partial charge >= 0.3 is 18.1 Å². The van der Waals surface area contributed by atoms with Crippen molar-refractivity contribution in [3.05, 3.63) is 0 Å². The summed E-state index contributed by atoms with van der Waals surface area (Å²) in [6.07, 6.45) is -9.60. The van der Waals surface area contributed by atoms with Crippen molar-refractivity contribution < 1.29 is 45.3 Å². The van der Waals surface area contributed by atoms with Gasteiger partial charge in [-0.3, -0.25) is 9.47 Å². The second-order valence-corrected chi connectivity index (χ2v) is 2.56. The number of hydrogen-bond acceptors (Lipinski definition) is 3. The Hall–Kier alpha value is -0.610. The number of aliphatic hydroxyl groups is 1. The van der Waals surface area contributed by atoms with E-state index in [2.05, 4.69) is 9.47 Å². The summed E-state index contributed by atoms with van der Waals surface area (Å²) >= 11 is 0. The molecule has 0 aromatic heterocycles. The molecule has 0 bridgehead atoms. The molecule has 1 N–H and O–H groups in total. The first-order chi connectivity index (χ1) is 7.08. The number of alkyl halides is 7. The number of aliphatic hydroxyl groups excluding tert-OH is 1. The van der Waals surface area contributed by atoms with Crippen LogP contribution in [0.4, 0.5) is 30.7 Å². The fourth-order valence-corrected chi connectivity index (χ4v) is 0.426. The van der Waals surface area contributed by atoms with Gasteiger partial charge in [0.25, 0.3) is 0 Å². The van der Waals surface area contributed by atoms with Crippen molar-refractivity contribution in [3.8, 4) is 0 Å². The highest BCUT2D eigenvalue weighted by molar-refractivity contribution is 4.75. The van der Waals surface area contributed by atoms with Crippen LogP contribution in [0, 0.1) is 0 Å². The maximum absolute atomic E-state index is 12.3. The Bertz CT molecular complexity index is 220. The zero-order valence-electron chi connectivity index (χ0n) is 7.53. The highest BCUT2D eigenvalue weighted by Crippen LogP contribution is 2.35. The van der Waals surface area contributed by atoms with Crippen molar-refractivity contribution in [2.75, 3.05) is 20.1 Å². The van der Waals surface area contributed by atoms with E-state index in [1.165, 1.54) is 0 Å². The maximum atomic E-state index is 12.3. The van der Waals surface area contributed by atoms with Gasteiger partial charge in [-0.05, 0) is 0 Å². The molecule has 0 fully saturated rings. The molecule has 0 heterocycles. The van der Waals surface area contributed by atoms with Crippen LogP contribution in [0.3, 0.4) is 0 Å². The molecule has 0 amide bonds. The minimum atomic E-state index is -5.20. The molecule has 10 heteroatoms. The second-order valence-electron chi connectivity index (χ2n) is 2.56. The first kappa shape index (κ1) is 15.4. The molecule has 0 aromatic rings. The molecule has 0 aliphatic heterocycles. The molecule has 3 nitrogen and oxygen atoms in total. The summed E-state index contributed by atoms with van der Waals surface area (Å²) in [7, 11) is 0. The second kappa shape index (κ2) is 5.15. The van der Waals surface area contributed by atoms with Gasteiger partial charge in [0, 0.05) is 0 Å². The van der Waals surface area contributed by atoms with Gasteiger partial charge in [-0.2, -0.15) is 26.3 Å². The number of hydrogen-bond donors (Lipinski definition) is 1. The lowest BCUT2D eigenvalue weighted by atomic mass is 10.3. The molecule has 0 saturated carbocycles. The summed E-state index contributed by atoms with van der Waals surface area (Å²) in [6, 6.07) is 0. The van der Waals surface area contributed by atoms with Crippen LogP contribution in [0.5, 0.6) is 0 Å². The molecular weight excluding hydrogens is 253 g/mol. The van der Waals surface area contributed by atoms with E-state index in [0.717, 1.165) is 0 Å². The van der Waals surface area contributed by atoms with Crippen LogP contribution in [0.1, 0.15) is 0 Å². The quantitative estimate of drug-likeness (QED) is 0.560. The van der Waals surface area contributed by atoms with E-state index >= 15 is 0 Å². The Morgan fingerprint density at radius 2 is 1.44 bits per heavy atom. The third kappa shape index (κ3) is 4.10. The monoisotopic (exact) mass is 260 g/mol. The molecule has 0 aliphatic rings. The van der Waals surface area contributed by atoms with Crippen molar-refractivity contribution >= 4 is 0 Å². The Morgan fingerprint density at radius 1 is 0.938 bits per heavy atom. The maximum Gasteiger partial charge on any atom is 0.423 e. The molecule has 0 rings (SSSR count). The van der Waals surface area contributed by atoms with Gasteiger partial charge in [-0.25, -0.2) is 4.39 Å². The molecule has 0 aromatic carbocycles. The largest absolute Gasteiger partial charge is 0.423 e. The van der Waals surface area contributed by atoms with Crippen LogP contribution >= 0.6 is 0 Å². The van der Waals surface area contributed by atoms with Crippen LogP contribution in [0.2, 0.25) is 0 Å². The summed E-state index contributed by atoms with van der Waals surface area (Å²) in [5.41, 5.74) is 0. The van der Waals surface area contributed by atoms with Gasteiger partial charge in [-0.1, -0.05) is 0 Å². The normalized spacial score (nSPS) is 14.2. The van der Waals surface area contributed by atoms with E-state index < -0.39 is 38.2 Å². The van der Waals surface area contributed by atoms with Gasteiger partial charge in [-0.15, -0.1) is 0 Å². The van der Waals surface area contributed by atoms with E-state index in [1.54, 1.807) is 0 Å². The number of rotatable bonds is 7. The van der Waals surface area contributed by atoms with Crippen LogP contribution in [-0.4, -0.2) is 43.3 Å². The lowest BCUT2D eigenvalue weighted by Crippen LogP contribution is -2.46. The van der Waals surface area contributed by atoms with E-state index in [0.29, 0.717) is 0 Å². The van der Waals surface area contributed by atoms with Crippen molar-refractivity contribution in [2.45, 2.75) is 18.1 Å². The molecule has 0 atom stereocenters. The average Bonchev–Trinajstić information content (AvgIpc) is 2.17. The van der Waals surface area contributed by atoms with Gasteiger partial charge in [0.1, 0.15) is 6.61 Å². The zero-order chi connectivity index (χ0) is 13.0. The highest BCUT2D eigenvalue weighted by Gasteiger charge is 2.58. The predicted octanol–water partition coefficient (Wildman–Crippen LogP) is 1.76. The standard InChI is InChI=1S/C6H7F7O3/c7-1-5(10,11)15-3-16-6(12,13)4(8,9)2-14/h14H,1-3H2. The lowest BCUT2D eigenvalue weighted by molar-refractivity contribution is -0.395. The topological polar surface area (TPSA) is 38.7 Å². The molecule has 0 radical (unpaired) electrons. The SMILES string of the molecule is OCC(F)(F)C(F)(F)OCOC(F)(F)CF. The predicted molar refractivity (Wildman–Crippen MR) is 34.9 cm³/mol. The summed E-state index contributed by atoms with van der Waals surface area (Å²) in [6.45, 7) is -6.53. The fraction of sp³-hybridized carbons (Fsp3) is 1.00. The van der Waals surface area contributed by atoms with E-state index in [9.17, 15) is 30.7 Å². The molecule has 0 spiro atoms. The zero-order valence-corrected chi connectivity index (χ0v) is 7.53. The van der Waals surface area contributed by atoms with Gasteiger partial charge in [0.05, 0.1) is 0 Å². The molecule has 0 aliphatic carbocycles. The van der Waals surface area contributed by atoms with Crippen LogP contribution in [0.25, 0.3) is 0 Å². The third-order valence-corrected chi connectivity index (χ3v) is 1.29. The lowest BCUT2D eigenvalue weighted by Gasteiger charge is -2.24. The van der Waals surface area contributed by atoms with Gasteiger partial charge < -0.3 is 5.11 Å². The van der Waals surface area contributed by atoms with Gasteiger partial charge in [0.15, 0.2) is 13.5 Å². The first-order valence-electron chi connectivity index (χ1n) is 3.66. The minimum absolute atomic E-state index is 1.96. The highest BCUT2D eigenvalue weighted by atomic mass is 19.3. The van der Waals surface area contributed by atoms with E-state index in [1.807, 2.05) is 0 Å². The Kier molecular flexibility index (Phi) is 4.95. The molecule has 0 saturated heterocycles. The van der Waals surface area contributed by atoms with Crippen molar-refractivity contribution in [3.63, 3.8) is 0 Å². The van der Waals surface area contributed by atoms with E-state index in [4.69, 9.17) is 5.11 Å². The smallest absolute Gasteiger partial charge is 0.390 e. The Labute approximate surface area is 84.7 Å². The number of halogens is 7. The Balaban J connectivity index is 4.20. The first-order valence-corrected chi connectivity index (χ1v) is 3.66. The summed E-state index contributed by atoms with van der Waals surface area (Å²) in [4.78, 5) is 0. The molecule has 0 unspecified atom stereocenters. The van der Waals surface area contributed by atoms with Crippen LogP contribution < -0.4 is 0 Å². The molecular formula is C6H7F7O3. The van der Waals surface area contributed by atoms with Crippen molar-refractivity contribution in [1.82, 2.24) is 0 Å². The third-order valence-electron chi connectivity index (χ3n) is 1.29. The van der Waals surface area contributed by atoms with Crippen LogP contribution in [0.15, 0.2) is 0 Å².